The molecule has 0 saturated carbocycles. The first kappa shape index (κ1) is 12.5. The highest BCUT2D eigenvalue weighted by Crippen LogP contribution is 2.28. The van der Waals surface area contributed by atoms with E-state index in [1.165, 1.54) is 0 Å². The van der Waals surface area contributed by atoms with Gasteiger partial charge in [0.2, 0.25) is 5.88 Å². The molecule has 0 amide bonds. The van der Waals surface area contributed by atoms with Gasteiger partial charge in [-0.2, -0.15) is 5.10 Å². The average molecular weight is 243 g/mol. The minimum atomic E-state index is 0.507. The van der Waals surface area contributed by atoms with Crippen molar-refractivity contribution in [2.45, 2.75) is 27.3 Å². The molecule has 0 spiro atoms. The zero-order chi connectivity index (χ0) is 13.1. The van der Waals surface area contributed by atoms with Crippen molar-refractivity contribution in [1.29, 1.82) is 0 Å². The second-order valence-corrected chi connectivity index (χ2v) is 4.38. The van der Waals surface area contributed by atoms with Crippen LogP contribution in [0.5, 0.6) is 11.6 Å². The van der Waals surface area contributed by atoms with E-state index in [1.807, 2.05) is 45.0 Å². The lowest BCUT2D eigenvalue weighted by Gasteiger charge is -2.12. The zero-order valence-corrected chi connectivity index (χ0v) is 10.9. The molecule has 0 unspecified atom stereocenters. The van der Waals surface area contributed by atoms with Crippen LogP contribution in [0.3, 0.4) is 0 Å². The molecule has 0 atom stereocenters. The number of nitrogens with zero attached hydrogens (tertiary/aromatic N) is 2. The van der Waals surface area contributed by atoms with Crippen molar-refractivity contribution in [2.24, 2.45) is 5.73 Å². The third-order valence-electron chi connectivity index (χ3n) is 2.74. The van der Waals surface area contributed by atoms with Crippen LogP contribution in [0.15, 0.2) is 24.3 Å². The molecule has 2 rings (SSSR count). The predicted octanol–water partition coefficient (Wildman–Crippen LogP) is 2.65. The number of benzene rings is 1. The molecule has 2 aromatic rings. The van der Waals surface area contributed by atoms with Gasteiger partial charge in [0.05, 0.1) is 5.69 Å². The van der Waals surface area contributed by atoms with Crippen LogP contribution < -0.4 is 10.5 Å². The Bertz CT molecular complexity index is 526. The monoisotopic (exact) mass is 243 g/mol. The van der Waals surface area contributed by atoms with E-state index < -0.39 is 0 Å². The van der Waals surface area contributed by atoms with Crippen LogP contribution in [0.2, 0.25) is 0 Å². The minimum Gasteiger partial charge on any atom is -0.437 e. The number of hydrogen-bond donors (Lipinski definition) is 1. The van der Waals surface area contributed by atoms with Crippen molar-refractivity contribution in [3.63, 3.8) is 0 Å². The van der Waals surface area contributed by atoms with Gasteiger partial charge in [0.25, 0.3) is 0 Å². The lowest BCUT2D eigenvalue weighted by atomic mass is 10.1. The molecular formula is C14H17N3O. The Morgan fingerprint density at radius 2 is 1.72 bits per heavy atom. The van der Waals surface area contributed by atoms with Crippen molar-refractivity contribution >= 4 is 0 Å². The van der Waals surface area contributed by atoms with Gasteiger partial charge in [-0.1, -0.05) is 12.1 Å². The molecule has 1 heterocycles. The molecule has 0 bridgehead atoms. The van der Waals surface area contributed by atoms with E-state index in [9.17, 15) is 0 Å². The van der Waals surface area contributed by atoms with E-state index in [0.717, 1.165) is 28.1 Å². The Labute approximate surface area is 107 Å². The van der Waals surface area contributed by atoms with E-state index in [4.69, 9.17) is 10.5 Å². The van der Waals surface area contributed by atoms with Gasteiger partial charge in [0.15, 0.2) is 0 Å². The number of aromatic nitrogens is 2. The van der Waals surface area contributed by atoms with Gasteiger partial charge in [0, 0.05) is 12.6 Å². The fourth-order valence-electron chi connectivity index (χ4n) is 1.86. The molecule has 1 aromatic heterocycles. The second-order valence-electron chi connectivity index (χ2n) is 4.38. The van der Waals surface area contributed by atoms with Crippen molar-refractivity contribution in [1.82, 2.24) is 10.2 Å². The first-order chi connectivity index (χ1) is 8.60. The van der Waals surface area contributed by atoms with Crippen LogP contribution in [-0.2, 0) is 6.54 Å². The van der Waals surface area contributed by atoms with Gasteiger partial charge in [-0.25, -0.2) is 0 Å². The molecule has 0 aliphatic rings. The summed E-state index contributed by atoms with van der Waals surface area (Å²) in [5.41, 5.74) is 9.72. The van der Waals surface area contributed by atoms with Gasteiger partial charge in [0.1, 0.15) is 5.75 Å². The Morgan fingerprint density at radius 1 is 1.06 bits per heavy atom. The Morgan fingerprint density at radius 3 is 2.22 bits per heavy atom. The molecule has 0 aliphatic carbocycles. The van der Waals surface area contributed by atoms with E-state index in [0.29, 0.717) is 12.4 Å². The van der Waals surface area contributed by atoms with E-state index in [-0.39, 0.29) is 0 Å². The standard InChI is InChI=1S/C14H17N3O/c1-9-6-12(8-15)7-10(2)14(9)18-13-5-4-11(3)16-17-13/h4-7H,8,15H2,1-3H3. The third-order valence-corrected chi connectivity index (χ3v) is 2.74. The summed E-state index contributed by atoms with van der Waals surface area (Å²) in [7, 11) is 0. The second kappa shape index (κ2) is 5.14. The van der Waals surface area contributed by atoms with Crippen molar-refractivity contribution < 1.29 is 4.74 Å². The summed E-state index contributed by atoms with van der Waals surface area (Å²) in [5.74, 6) is 1.33. The summed E-state index contributed by atoms with van der Waals surface area (Å²) in [6.07, 6.45) is 0. The smallest absolute Gasteiger partial charge is 0.238 e. The Balaban J connectivity index is 2.31. The van der Waals surface area contributed by atoms with Crippen LogP contribution in [0.1, 0.15) is 22.4 Å². The van der Waals surface area contributed by atoms with Crippen LogP contribution in [0.25, 0.3) is 0 Å². The minimum absolute atomic E-state index is 0.507. The van der Waals surface area contributed by atoms with Gasteiger partial charge in [-0.15, -0.1) is 5.10 Å². The lowest BCUT2D eigenvalue weighted by molar-refractivity contribution is 0.447. The maximum atomic E-state index is 5.78. The number of hydrogen-bond acceptors (Lipinski definition) is 4. The molecule has 94 valence electrons. The van der Waals surface area contributed by atoms with Crippen LogP contribution in [0.4, 0.5) is 0 Å². The quantitative estimate of drug-likeness (QED) is 0.900. The van der Waals surface area contributed by atoms with Crippen LogP contribution in [0, 0.1) is 20.8 Å². The lowest BCUT2D eigenvalue weighted by Crippen LogP contribution is -2.00. The normalized spacial score (nSPS) is 10.4. The summed E-state index contributed by atoms with van der Waals surface area (Å²) in [6.45, 7) is 6.43. The van der Waals surface area contributed by atoms with Crippen LogP contribution >= 0.6 is 0 Å². The van der Waals surface area contributed by atoms with Crippen molar-refractivity contribution in [2.75, 3.05) is 0 Å². The van der Waals surface area contributed by atoms with E-state index in [2.05, 4.69) is 10.2 Å². The molecule has 18 heavy (non-hydrogen) atoms. The number of ether oxygens (including phenoxy) is 1. The molecule has 4 heteroatoms. The first-order valence-corrected chi connectivity index (χ1v) is 5.88. The predicted molar refractivity (Wildman–Crippen MR) is 70.7 cm³/mol. The fraction of sp³-hybridized carbons (Fsp3) is 0.286. The maximum absolute atomic E-state index is 5.78. The summed E-state index contributed by atoms with van der Waals surface area (Å²) < 4.78 is 5.78. The number of aryl methyl sites for hydroxylation is 3. The summed E-state index contributed by atoms with van der Waals surface area (Å²) in [4.78, 5) is 0. The molecule has 0 saturated heterocycles. The SMILES string of the molecule is Cc1ccc(Oc2c(C)cc(CN)cc2C)nn1. The number of rotatable bonds is 3. The highest BCUT2D eigenvalue weighted by Gasteiger charge is 2.08. The summed E-state index contributed by atoms with van der Waals surface area (Å²) in [6, 6.07) is 7.76. The maximum Gasteiger partial charge on any atom is 0.238 e. The highest BCUT2D eigenvalue weighted by atomic mass is 16.5. The summed E-state index contributed by atoms with van der Waals surface area (Å²) >= 11 is 0. The van der Waals surface area contributed by atoms with Gasteiger partial charge < -0.3 is 10.5 Å². The number of nitrogens with two attached hydrogens (primary N) is 1. The Kier molecular flexibility index (Phi) is 3.58. The third kappa shape index (κ3) is 2.65. The highest BCUT2D eigenvalue weighted by molar-refractivity contribution is 5.44. The first-order valence-electron chi connectivity index (χ1n) is 5.88. The van der Waals surface area contributed by atoms with Crippen molar-refractivity contribution in [3.05, 3.63) is 46.6 Å². The molecule has 0 fully saturated rings. The van der Waals surface area contributed by atoms with Crippen molar-refractivity contribution in [3.8, 4) is 11.6 Å². The molecule has 2 N–H and O–H groups in total. The molecule has 0 radical (unpaired) electrons. The summed E-state index contributed by atoms with van der Waals surface area (Å²) in [5, 5.41) is 7.97. The van der Waals surface area contributed by atoms with Gasteiger partial charge in [-0.05, 0) is 43.5 Å². The Hall–Kier alpha value is -1.94. The van der Waals surface area contributed by atoms with Gasteiger partial charge in [-0.3, -0.25) is 0 Å². The fourth-order valence-corrected chi connectivity index (χ4v) is 1.86. The largest absolute Gasteiger partial charge is 0.437 e. The molecule has 4 nitrogen and oxygen atoms in total. The van der Waals surface area contributed by atoms with Gasteiger partial charge >= 0.3 is 0 Å². The molecular weight excluding hydrogens is 226 g/mol. The molecule has 0 aliphatic heterocycles. The van der Waals surface area contributed by atoms with Crippen LogP contribution in [-0.4, -0.2) is 10.2 Å². The average Bonchev–Trinajstić information content (AvgIpc) is 2.35. The van der Waals surface area contributed by atoms with E-state index in [1.54, 1.807) is 0 Å². The topological polar surface area (TPSA) is 61.0 Å². The zero-order valence-electron chi connectivity index (χ0n) is 10.9. The molecule has 1 aromatic carbocycles. The van der Waals surface area contributed by atoms with E-state index >= 15 is 0 Å².